The maximum atomic E-state index is 13.0. The van der Waals surface area contributed by atoms with Crippen LogP contribution in [0.1, 0.15) is 23.0 Å². The molecule has 4 heterocycles. The van der Waals surface area contributed by atoms with Gasteiger partial charge in [-0.1, -0.05) is 37.3 Å². The van der Waals surface area contributed by atoms with Gasteiger partial charge in [0.05, 0.1) is 22.2 Å². The van der Waals surface area contributed by atoms with Crippen LogP contribution >= 0.6 is 0 Å². The molecule has 0 aliphatic rings. The number of carbonyl (C=O) groups is 1. The van der Waals surface area contributed by atoms with E-state index in [1.807, 2.05) is 37.3 Å². The summed E-state index contributed by atoms with van der Waals surface area (Å²) in [6.45, 7) is 2.04. The van der Waals surface area contributed by atoms with Crippen molar-refractivity contribution in [3.63, 3.8) is 0 Å². The second kappa shape index (κ2) is 7.49. The van der Waals surface area contributed by atoms with E-state index in [1.165, 1.54) is 18.6 Å². The summed E-state index contributed by atoms with van der Waals surface area (Å²) in [5.41, 5.74) is 6.75. The summed E-state index contributed by atoms with van der Waals surface area (Å²) in [5, 5.41) is 5.08. The van der Waals surface area contributed by atoms with Crippen LogP contribution in [0.3, 0.4) is 0 Å². The lowest BCUT2D eigenvalue weighted by Crippen LogP contribution is -2.33. The highest BCUT2D eigenvalue weighted by Gasteiger charge is 2.18. The first-order valence-electron chi connectivity index (χ1n) is 9.86. The molecule has 5 aromatic rings. The molecule has 0 bridgehead atoms. The lowest BCUT2D eigenvalue weighted by atomic mass is 10.0. The molecule has 0 radical (unpaired) electrons. The fourth-order valence-corrected chi connectivity index (χ4v) is 3.62. The van der Waals surface area contributed by atoms with Gasteiger partial charge in [-0.3, -0.25) is 20.0 Å². The minimum Gasteiger partial charge on any atom is -0.267 e. The van der Waals surface area contributed by atoms with E-state index in [9.17, 15) is 9.59 Å². The Morgan fingerprint density at radius 1 is 1.06 bits per heavy atom. The zero-order valence-electron chi connectivity index (χ0n) is 16.7. The molecule has 31 heavy (non-hydrogen) atoms. The molecule has 4 aromatic heterocycles. The van der Waals surface area contributed by atoms with E-state index < -0.39 is 5.91 Å². The second-order valence-electron chi connectivity index (χ2n) is 7.01. The van der Waals surface area contributed by atoms with Crippen LogP contribution in [-0.4, -0.2) is 30.2 Å². The average molecular weight is 410 g/mol. The molecule has 0 atom stereocenters. The second-order valence-corrected chi connectivity index (χ2v) is 7.01. The van der Waals surface area contributed by atoms with E-state index in [0.717, 1.165) is 27.9 Å². The summed E-state index contributed by atoms with van der Waals surface area (Å²) < 4.78 is 2.85. The molecular weight excluding hydrogens is 392 g/mol. The highest BCUT2D eigenvalue weighted by molar-refractivity contribution is 5.99. The number of hydrogen-bond donors (Lipinski definition) is 1. The molecule has 1 aromatic carbocycles. The molecule has 0 saturated heterocycles. The van der Waals surface area contributed by atoms with Crippen molar-refractivity contribution in [1.82, 2.24) is 24.3 Å². The van der Waals surface area contributed by atoms with Crippen LogP contribution in [-0.2, 0) is 6.42 Å². The number of amides is 1. The number of rotatable bonds is 4. The molecule has 0 saturated carbocycles. The van der Waals surface area contributed by atoms with Gasteiger partial charge >= 0.3 is 0 Å². The molecule has 152 valence electrons. The fourth-order valence-electron chi connectivity index (χ4n) is 3.62. The zero-order chi connectivity index (χ0) is 21.4. The van der Waals surface area contributed by atoms with Crippen molar-refractivity contribution in [2.24, 2.45) is 0 Å². The van der Waals surface area contributed by atoms with Gasteiger partial charge in [0, 0.05) is 30.4 Å². The summed E-state index contributed by atoms with van der Waals surface area (Å²) in [5.74, 6) is -0.428. The van der Waals surface area contributed by atoms with Gasteiger partial charge in [-0.2, -0.15) is 5.10 Å². The SMILES string of the molecule is CCc1nn2c(ncc3c(=O)n(NC(=O)c4cccnc4)ccc32)c1-c1ccccc1. The summed E-state index contributed by atoms with van der Waals surface area (Å²) >= 11 is 0. The molecular formula is C23H18N6O2. The molecule has 0 fully saturated rings. The monoisotopic (exact) mass is 410 g/mol. The van der Waals surface area contributed by atoms with Crippen LogP contribution in [0.2, 0.25) is 0 Å². The van der Waals surface area contributed by atoms with E-state index in [2.05, 4.69) is 15.4 Å². The van der Waals surface area contributed by atoms with E-state index in [0.29, 0.717) is 22.1 Å². The Balaban J connectivity index is 1.64. The van der Waals surface area contributed by atoms with Crippen LogP contribution in [0.15, 0.2) is 78.1 Å². The fraction of sp³-hybridized carbons (Fsp3) is 0.0870. The Kier molecular flexibility index (Phi) is 4.51. The number of fused-ring (bicyclic) bond motifs is 3. The maximum absolute atomic E-state index is 13.0. The molecule has 0 aliphatic heterocycles. The van der Waals surface area contributed by atoms with Crippen LogP contribution in [0.25, 0.3) is 27.7 Å². The Labute approximate surface area is 176 Å². The van der Waals surface area contributed by atoms with E-state index in [-0.39, 0.29) is 5.56 Å². The number of nitrogens with one attached hydrogen (secondary N) is 1. The van der Waals surface area contributed by atoms with Crippen molar-refractivity contribution in [3.8, 4) is 11.1 Å². The van der Waals surface area contributed by atoms with Crippen molar-refractivity contribution in [3.05, 3.63) is 94.9 Å². The van der Waals surface area contributed by atoms with Gasteiger partial charge in [0.25, 0.3) is 11.5 Å². The first kappa shape index (κ1) is 18.7. The summed E-state index contributed by atoms with van der Waals surface area (Å²) in [7, 11) is 0. The lowest BCUT2D eigenvalue weighted by molar-refractivity contribution is 0.101. The minimum atomic E-state index is -0.428. The molecule has 5 rings (SSSR count). The maximum Gasteiger partial charge on any atom is 0.280 e. The van der Waals surface area contributed by atoms with Crippen molar-refractivity contribution >= 4 is 22.5 Å². The van der Waals surface area contributed by atoms with Crippen molar-refractivity contribution in [2.75, 3.05) is 5.43 Å². The van der Waals surface area contributed by atoms with Crippen LogP contribution in [0, 0.1) is 0 Å². The van der Waals surface area contributed by atoms with Gasteiger partial charge in [0.15, 0.2) is 5.65 Å². The largest absolute Gasteiger partial charge is 0.280 e. The van der Waals surface area contributed by atoms with Crippen molar-refractivity contribution in [2.45, 2.75) is 13.3 Å². The zero-order valence-corrected chi connectivity index (χ0v) is 16.7. The highest BCUT2D eigenvalue weighted by Crippen LogP contribution is 2.29. The van der Waals surface area contributed by atoms with Gasteiger partial charge < -0.3 is 0 Å². The number of nitrogens with zero attached hydrogens (tertiary/aromatic N) is 5. The topological polar surface area (TPSA) is 94.2 Å². The molecule has 0 unspecified atom stereocenters. The Hall–Kier alpha value is -4.33. The number of hydrogen-bond acceptors (Lipinski definition) is 5. The summed E-state index contributed by atoms with van der Waals surface area (Å²) in [4.78, 5) is 33.9. The Morgan fingerprint density at radius 2 is 1.90 bits per heavy atom. The van der Waals surface area contributed by atoms with Crippen molar-refractivity contribution < 1.29 is 4.79 Å². The molecule has 0 spiro atoms. The van der Waals surface area contributed by atoms with Crippen molar-refractivity contribution in [1.29, 1.82) is 0 Å². The predicted octanol–water partition coefficient (Wildman–Crippen LogP) is 3.05. The van der Waals surface area contributed by atoms with Gasteiger partial charge in [0.1, 0.15) is 0 Å². The van der Waals surface area contributed by atoms with Gasteiger partial charge in [-0.25, -0.2) is 14.2 Å². The van der Waals surface area contributed by atoms with Crippen LogP contribution in [0.5, 0.6) is 0 Å². The smallest absolute Gasteiger partial charge is 0.267 e. The molecule has 1 amide bonds. The Bertz CT molecular complexity index is 1470. The predicted molar refractivity (Wildman–Crippen MR) is 117 cm³/mol. The average Bonchev–Trinajstić information content (AvgIpc) is 3.21. The number of aryl methyl sites for hydroxylation is 1. The number of carbonyl (C=O) groups excluding carboxylic acids is 1. The lowest BCUT2D eigenvalue weighted by Gasteiger charge is -2.09. The molecule has 8 heteroatoms. The normalized spacial score (nSPS) is 11.1. The third-order valence-electron chi connectivity index (χ3n) is 5.13. The summed E-state index contributed by atoms with van der Waals surface area (Å²) in [6.07, 6.45) is 6.80. The van der Waals surface area contributed by atoms with Crippen LogP contribution < -0.4 is 11.0 Å². The molecule has 8 nitrogen and oxygen atoms in total. The molecule has 1 N–H and O–H groups in total. The molecule has 0 aliphatic carbocycles. The minimum absolute atomic E-state index is 0.353. The standard InChI is InChI=1S/C23H18N6O2/c1-2-18-20(15-7-4-3-5-8-15)21-25-14-17-19(29(21)26-18)10-12-28(23(17)31)27-22(30)16-9-6-11-24-13-16/h3-14H,2H2,1H3,(H,27,30). The number of pyridine rings is 2. The third kappa shape index (κ3) is 3.14. The number of benzene rings is 1. The van der Waals surface area contributed by atoms with E-state index >= 15 is 0 Å². The first-order valence-corrected chi connectivity index (χ1v) is 9.86. The van der Waals surface area contributed by atoms with E-state index in [4.69, 9.17) is 5.10 Å². The Morgan fingerprint density at radius 3 is 2.65 bits per heavy atom. The van der Waals surface area contributed by atoms with Gasteiger partial charge in [0.2, 0.25) is 0 Å². The third-order valence-corrected chi connectivity index (χ3v) is 5.13. The van der Waals surface area contributed by atoms with E-state index in [1.54, 1.807) is 28.9 Å². The first-order chi connectivity index (χ1) is 15.2. The number of aromatic nitrogens is 5. The summed E-state index contributed by atoms with van der Waals surface area (Å²) in [6, 6.07) is 15.0. The van der Waals surface area contributed by atoms with Gasteiger partial charge in [-0.15, -0.1) is 0 Å². The van der Waals surface area contributed by atoms with Crippen LogP contribution in [0.4, 0.5) is 0 Å². The highest BCUT2D eigenvalue weighted by atomic mass is 16.2. The van der Waals surface area contributed by atoms with Gasteiger partial charge in [-0.05, 0) is 30.2 Å². The quantitative estimate of drug-likeness (QED) is 0.491.